The molecule has 3 rings (SSSR count). The van der Waals surface area contributed by atoms with Crippen LogP contribution in [0.15, 0.2) is 41.8 Å². The molecule has 1 unspecified atom stereocenters. The highest BCUT2D eigenvalue weighted by molar-refractivity contribution is 7.10. The molecular weight excluding hydrogens is 276 g/mol. The van der Waals surface area contributed by atoms with Crippen LogP contribution in [0.5, 0.6) is 0 Å². The van der Waals surface area contributed by atoms with Gasteiger partial charge in [0, 0.05) is 36.2 Å². The smallest absolute Gasteiger partial charge is 0.0414 e. The third-order valence-electron chi connectivity index (χ3n) is 4.26. The zero-order valence-corrected chi connectivity index (χ0v) is 13.5. The molecule has 2 aromatic rings. The second-order valence-corrected chi connectivity index (χ2v) is 6.70. The van der Waals surface area contributed by atoms with Crippen molar-refractivity contribution in [2.45, 2.75) is 38.8 Å². The summed E-state index contributed by atoms with van der Waals surface area (Å²) in [6, 6.07) is 13.9. The minimum absolute atomic E-state index is 0.475. The van der Waals surface area contributed by atoms with Gasteiger partial charge in [-0.3, -0.25) is 0 Å². The van der Waals surface area contributed by atoms with Gasteiger partial charge in [-0.05, 0) is 48.4 Å². The number of benzene rings is 1. The monoisotopic (exact) mass is 300 g/mol. The normalized spacial score (nSPS) is 16.3. The third-order valence-corrected chi connectivity index (χ3v) is 5.24. The number of hydrogen-bond acceptors (Lipinski definition) is 3. The van der Waals surface area contributed by atoms with Gasteiger partial charge in [-0.15, -0.1) is 11.3 Å². The van der Waals surface area contributed by atoms with E-state index in [-0.39, 0.29) is 0 Å². The molecule has 1 aliphatic rings. The molecule has 1 atom stereocenters. The molecule has 0 bridgehead atoms. The summed E-state index contributed by atoms with van der Waals surface area (Å²) in [6.45, 7) is 5.62. The molecule has 1 aromatic carbocycles. The largest absolute Gasteiger partial charge is 0.372 e. The average molecular weight is 300 g/mol. The van der Waals surface area contributed by atoms with Gasteiger partial charge in [0.1, 0.15) is 0 Å². The Morgan fingerprint density at radius 1 is 1.14 bits per heavy atom. The second kappa shape index (κ2) is 7.10. The third kappa shape index (κ3) is 3.66. The van der Waals surface area contributed by atoms with E-state index in [0.29, 0.717) is 6.04 Å². The van der Waals surface area contributed by atoms with Crippen LogP contribution in [0, 0.1) is 0 Å². The van der Waals surface area contributed by atoms with E-state index < -0.39 is 0 Å². The Morgan fingerprint density at radius 2 is 1.90 bits per heavy atom. The van der Waals surface area contributed by atoms with E-state index in [1.165, 1.54) is 42.1 Å². The maximum absolute atomic E-state index is 3.67. The van der Waals surface area contributed by atoms with Crippen molar-refractivity contribution in [2.75, 3.05) is 18.0 Å². The molecule has 0 aliphatic carbocycles. The molecule has 0 spiro atoms. The van der Waals surface area contributed by atoms with Crippen molar-refractivity contribution >= 4 is 17.0 Å². The fourth-order valence-electron chi connectivity index (χ4n) is 2.98. The minimum atomic E-state index is 0.475. The molecule has 1 aromatic heterocycles. The van der Waals surface area contributed by atoms with Crippen LogP contribution in [0.4, 0.5) is 5.69 Å². The predicted molar refractivity (Wildman–Crippen MR) is 92.1 cm³/mol. The van der Waals surface area contributed by atoms with Crippen LogP contribution in [-0.4, -0.2) is 13.1 Å². The summed E-state index contributed by atoms with van der Waals surface area (Å²) in [7, 11) is 0. The van der Waals surface area contributed by atoms with E-state index in [9.17, 15) is 0 Å². The van der Waals surface area contributed by atoms with Gasteiger partial charge < -0.3 is 10.2 Å². The Balaban J connectivity index is 1.57. The van der Waals surface area contributed by atoms with Crippen LogP contribution in [-0.2, 0) is 6.54 Å². The SMILES string of the molecule is CCC(NCc1ccc(N2CCCC2)cc1)c1cccs1. The zero-order chi connectivity index (χ0) is 14.5. The molecule has 21 heavy (non-hydrogen) atoms. The quantitative estimate of drug-likeness (QED) is 0.839. The first-order valence-electron chi connectivity index (χ1n) is 7.97. The van der Waals surface area contributed by atoms with E-state index in [1.54, 1.807) is 0 Å². The number of rotatable bonds is 6. The number of anilines is 1. The van der Waals surface area contributed by atoms with Crippen LogP contribution in [0.25, 0.3) is 0 Å². The van der Waals surface area contributed by atoms with Gasteiger partial charge in [-0.2, -0.15) is 0 Å². The lowest BCUT2D eigenvalue weighted by Crippen LogP contribution is -2.20. The van der Waals surface area contributed by atoms with Gasteiger partial charge in [-0.1, -0.05) is 25.1 Å². The Morgan fingerprint density at radius 3 is 2.52 bits per heavy atom. The van der Waals surface area contributed by atoms with Crippen molar-refractivity contribution < 1.29 is 0 Å². The average Bonchev–Trinajstić information content (AvgIpc) is 3.22. The number of nitrogens with zero attached hydrogens (tertiary/aromatic N) is 1. The van der Waals surface area contributed by atoms with Gasteiger partial charge in [0.25, 0.3) is 0 Å². The first kappa shape index (κ1) is 14.6. The van der Waals surface area contributed by atoms with E-state index in [4.69, 9.17) is 0 Å². The molecule has 2 nitrogen and oxygen atoms in total. The van der Waals surface area contributed by atoms with Crippen molar-refractivity contribution in [2.24, 2.45) is 0 Å². The standard InChI is InChI=1S/C18H24N2S/c1-2-17(18-6-5-13-21-18)19-14-15-7-9-16(10-8-15)20-11-3-4-12-20/h5-10,13,17,19H,2-4,11-12,14H2,1H3. The molecule has 0 saturated carbocycles. The van der Waals surface area contributed by atoms with Crippen LogP contribution < -0.4 is 10.2 Å². The molecule has 112 valence electrons. The highest BCUT2D eigenvalue weighted by Crippen LogP contribution is 2.23. The molecule has 0 radical (unpaired) electrons. The summed E-state index contributed by atoms with van der Waals surface area (Å²) < 4.78 is 0. The lowest BCUT2D eigenvalue weighted by atomic mass is 10.1. The highest BCUT2D eigenvalue weighted by atomic mass is 32.1. The number of thiophene rings is 1. The Labute approximate surface area is 131 Å². The molecule has 1 N–H and O–H groups in total. The molecule has 1 fully saturated rings. The number of nitrogens with one attached hydrogen (secondary N) is 1. The Hall–Kier alpha value is -1.32. The van der Waals surface area contributed by atoms with Crippen molar-refractivity contribution in [3.63, 3.8) is 0 Å². The summed E-state index contributed by atoms with van der Waals surface area (Å²) in [5, 5.41) is 5.83. The maximum atomic E-state index is 3.67. The fraction of sp³-hybridized carbons (Fsp3) is 0.444. The molecule has 1 saturated heterocycles. The summed E-state index contributed by atoms with van der Waals surface area (Å²) in [6.07, 6.45) is 3.80. The molecule has 3 heteroatoms. The van der Waals surface area contributed by atoms with Gasteiger partial charge in [-0.25, -0.2) is 0 Å². The van der Waals surface area contributed by atoms with Crippen molar-refractivity contribution in [3.05, 3.63) is 52.2 Å². The van der Waals surface area contributed by atoms with Gasteiger partial charge in [0.15, 0.2) is 0 Å². The number of hydrogen-bond donors (Lipinski definition) is 1. The molecule has 2 heterocycles. The van der Waals surface area contributed by atoms with Gasteiger partial charge in [0.05, 0.1) is 0 Å². The first-order chi connectivity index (χ1) is 10.4. The first-order valence-corrected chi connectivity index (χ1v) is 8.85. The lowest BCUT2D eigenvalue weighted by molar-refractivity contribution is 0.526. The fourth-order valence-corrected chi connectivity index (χ4v) is 3.86. The van der Waals surface area contributed by atoms with Crippen molar-refractivity contribution in [1.29, 1.82) is 0 Å². The molecule has 1 aliphatic heterocycles. The maximum Gasteiger partial charge on any atom is 0.0414 e. The zero-order valence-electron chi connectivity index (χ0n) is 12.7. The molecular formula is C18H24N2S. The summed E-state index contributed by atoms with van der Waals surface area (Å²) in [5.41, 5.74) is 2.74. The Kier molecular flexibility index (Phi) is 4.94. The van der Waals surface area contributed by atoms with E-state index in [2.05, 4.69) is 58.9 Å². The van der Waals surface area contributed by atoms with Crippen LogP contribution >= 0.6 is 11.3 Å². The predicted octanol–water partition coefficient (Wildman–Crippen LogP) is 4.59. The summed E-state index contributed by atoms with van der Waals surface area (Å²) in [4.78, 5) is 3.92. The lowest BCUT2D eigenvalue weighted by Gasteiger charge is -2.19. The molecule has 0 amide bonds. The second-order valence-electron chi connectivity index (χ2n) is 5.72. The van der Waals surface area contributed by atoms with Gasteiger partial charge in [0.2, 0.25) is 0 Å². The topological polar surface area (TPSA) is 15.3 Å². The minimum Gasteiger partial charge on any atom is -0.372 e. The van der Waals surface area contributed by atoms with Crippen LogP contribution in [0.2, 0.25) is 0 Å². The van der Waals surface area contributed by atoms with Crippen molar-refractivity contribution in [1.82, 2.24) is 5.32 Å². The van der Waals surface area contributed by atoms with E-state index in [0.717, 1.165) is 13.0 Å². The van der Waals surface area contributed by atoms with E-state index in [1.807, 2.05) is 11.3 Å². The van der Waals surface area contributed by atoms with Crippen LogP contribution in [0.1, 0.15) is 42.7 Å². The van der Waals surface area contributed by atoms with Crippen LogP contribution in [0.3, 0.4) is 0 Å². The van der Waals surface area contributed by atoms with E-state index >= 15 is 0 Å². The summed E-state index contributed by atoms with van der Waals surface area (Å²) in [5.74, 6) is 0. The van der Waals surface area contributed by atoms with Crippen molar-refractivity contribution in [3.8, 4) is 0 Å². The highest BCUT2D eigenvalue weighted by Gasteiger charge is 2.12. The Bertz CT molecular complexity index is 527. The summed E-state index contributed by atoms with van der Waals surface area (Å²) >= 11 is 1.84. The van der Waals surface area contributed by atoms with Gasteiger partial charge >= 0.3 is 0 Å².